The van der Waals surface area contributed by atoms with E-state index in [1.807, 2.05) is 55.4 Å². The molecule has 10 aromatic rings. The van der Waals surface area contributed by atoms with E-state index in [-0.39, 0.29) is 196 Å². The number of aromatic hydroxyl groups is 16. The monoisotopic (exact) mass is 1790 g/mol. The number of carbonyl (C=O) groups is 2. The Morgan fingerprint density at radius 3 is 0.424 bits per heavy atom. The SMILES string of the molecule is CCC1c2cc(c(O)c(C)c2O)C(CC)c2cc(c(O)c(C)c2O)C(CC)c2cc(c(O)c(C)c2O)C(CC)c2cc1c(O)c(C)c2O.CCC1c2cc(c(O)c(C)c2O)C(CC)c2cc(c(O)c(C)c2O)C(CC)c2cc(c(O)c(C)c2O)C(CC)c2cc1c(O)c(C)c2O.O.O.O.O.O=C([O-])c1cccc[n+]1[O-].O=C([O-])c1cccc[n+]1[O-].O=O.O=O.[Cu+2]. The second kappa shape index (κ2) is 44.8. The van der Waals surface area contributed by atoms with Crippen LogP contribution in [0.4, 0.5) is 0 Å². The number of nitrogens with zero attached hydrogens (tertiary/aromatic N) is 2. The maximum atomic E-state index is 11.5. The van der Waals surface area contributed by atoms with Crippen LogP contribution in [0, 0.1) is 85.7 Å². The molecule has 12 rings (SSSR count). The van der Waals surface area contributed by atoms with Gasteiger partial charge in [-0.05, 0) is 167 Å². The summed E-state index contributed by atoms with van der Waals surface area (Å²) in [6.07, 6.45) is 5.77. The average Bonchev–Trinajstić information content (AvgIpc) is 0.742. The van der Waals surface area contributed by atoms with Gasteiger partial charge in [0, 0.05) is 225 Å². The van der Waals surface area contributed by atoms with E-state index in [9.17, 15) is 112 Å². The zero-order valence-electron chi connectivity index (χ0n) is 71.9. The summed E-state index contributed by atoms with van der Waals surface area (Å²) in [5.41, 5.74) is 8.84. The van der Waals surface area contributed by atoms with Crippen LogP contribution in [0.3, 0.4) is 0 Å². The van der Waals surface area contributed by atoms with E-state index in [0.29, 0.717) is 140 Å². The first-order chi connectivity index (χ1) is 56.7. The minimum Gasteiger partial charge on any atom is -0.618 e. The Kier molecular flexibility index (Phi) is 38.8. The van der Waals surface area contributed by atoms with Gasteiger partial charge in [-0.15, -0.1) is 0 Å². The number of carbonyl (C=O) groups excluding carboxylic acids is 2. The molecule has 125 heavy (non-hydrogen) atoms. The zero-order chi connectivity index (χ0) is 90.1. The topological polar surface area (TPSA) is 652 Å². The quantitative estimate of drug-likeness (QED) is 0.0343. The number of phenolic OH excluding ortho intramolecular Hbond substituents is 16. The number of aromatic nitrogens is 2. The number of aromatic carboxylic acids is 2. The number of hydrogen-bond donors (Lipinski definition) is 16. The molecule has 2 aliphatic carbocycles. The molecule has 0 unspecified atom stereocenters. The van der Waals surface area contributed by atoms with E-state index >= 15 is 0 Å². The van der Waals surface area contributed by atoms with Gasteiger partial charge in [0.05, 0.1) is 0 Å². The van der Waals surface area contributed by atoms with Crippen LogP contribution in [0.25, 0.3) is 0 Å². The number of rotatable bonds is 10. The Morgan fingerprint density at radius 1 is 0.248 bits per heavy atom. The van der Waals surface area contributed by atoms with Crippen LogP contribution < -0.4 is 19.7 Å². The molecule has 0 amide bonds. The van der Waals surface area contributed by atoms with Gasteiger partial charge in [0.15, 0.2) is 12.4 Å². The number of hydrogen-bond acceptors (Lipinski definition) is 26. The zero-order valence-corrected chi connectivity index (χ0v) is 72.9. The summed E-state index contributed by atoms with van der Waals surface area (Å²) in [5, 5.41) is 226. The first-order valence-corrected chi connectivity index (χ1v) is 39.3. The molecule has 0 aliphatic heterocycles. The van der Waals surface area contributed by atoms with E-state index < -0.39 is 59.3 Å². The predicted octanol–water partition coefficient (Wildman–Crippen LogP) is 12.3. The van der Waals surface area contributed by atoms with Crippen LogP contribution in [0.15, 0.2) is 97.3 Å². The summed E-state index contributed by atoms with van der Waals surface area (Å²) >= 11 is 0. The van der Waals surface area contributed by atoms with E-state index in [2.05, 4.69) is 0 Å². The normalized spacial score (nSPS) is 16.1. The summed E-state index contributed by atoms with van der Waals surface area (Å²) < 4.78 is 0.491. The summed E-state index contributed by atoms with van der Waals surface area (Å²) in [5.74, 6) is -9.34. The second-order valence-corrected chi connectivity index (χ2v) is 30.1. The molecule has 681 valence electrons. The Labute approximate surface area is 732 Å². The van der Waals surface area contributed by atoms with Crippen LogP contribution in [0.1, 0.15) is 309 Å². The molecule has 1 radical (unpaired) electrons. The second-order valence-electron chi connectivity index (χ2n) is 30.1. The molecule has 0 spiro atoms. The van der Waals surface area contributed by atoms with Crippen molar-refractivity contribution in [2.24, 2.45) is 0 Å². The number of fused-ring (bicyclic) bond motifs is 16. The maximum absolute atomic E-state index is 11.5. The van der Waals surface area contributed by atoms with E-state index in [4.69, 9.17) is 19.9 Å². The van der Waals surface area contributed by atoms with Crippen LogP contribution in [-0.4, -0.2) is 116 Å². The predicted molar refractivity (Wildman–Crippen MR) is 461 cm³/mol. The van der Waals surface area contributed by atoms with Crippen molar-refractivity contribution in [2.75, 3.05) is 0 Å². The molecule has 24 N–H and O–H groups in total. The Hall–Kier alpha value is -13.0. The van der Waals surface area contributed by atoms with Crippen molar-refractivity contribution in [3.8, 4) is 92.0 Å². The first kappa shape index (κ1) is 108. The van der Waals surface area contributed by atoms with Gasteiger partial charge in [-0.1, -0.05) is 55.4 Å². The van der Waals surface area contributed by atoms with Gasteiger partial charge in [0.2, 0.25) is 11.4 Å². The van der Waals surface area contributed by atoms with Crippen LogP contribution in [0.5, 0.6) is 92.0 Å². The molecule has 2 heterocycles. The molecule has 2 aliphatic rings. The molecule has 8 aromatic carbocycles. The van der Waals surface area contributed by atoms with Crippen molar-refractivity contribution in [3.05, 3.63) is 273 Å². The standard InChI is InChI=1S/2C40H48O8.2C6H5NO3.Cu.2O2.4H2O/c2*1-9-21-25-13-27(35(43)17(5)33(25)41)22(10-2)29-15-31(39(47)19(7)37(29)45)24(12-4)32-16-30(38(46)20(8)40(32)48)23(11-3)28-14-26(21)34(42)18(6)36(28)44;2*8-6(9)5-3-1-2-4-7(5)10;;2*1-2;;;;/h2*13-16,21-24,41-48H,9-12H2,1-8H3;2*1-4H,(H,8,9);;;;4*1H2/q;;;;+2;;;;;;/p-2. The van der Waals surface area contributed by atoms with E-state index in [1.54, 1.807) is 104 Å². The van der Waals surface area contributed by atoms with Crippen molar-refractivity contribution in [3.63, 3.8) is 0 Å². The fraction of sp³-hybridized carbons (Fsp3) is 0.348. The van der Waals surface area contributed by atoms with Gasteiger partial charge >= 0.3 is 17.1 Å². The molecule has 0 fully saturated rings. The smallest absolute Gasteiger partial charge is 0.618 e. The van der Waals surface area contributed by atoms with Gasteiger partial charge in [-0.3, -0.25) is 0 Å². The van der Waals surface area contributed by atoms with Gasteiger partial charge in [0.1, 0.15) is 104 Å². The molecule has 16 bridgehead atoms. The third-order valence-corrected chi connectivity index (χ3v) is 23.9. The minimum atomic E-state index is -1.46. The van der Waals surface area contributed by atoms with Crippen molar-refractivity contribution >= 4 is 11.9 Å². The van der Waals surface area contributed by atoms with Crippen LogP contribution in [-0.2, 0) is 17.1 Å². The first-order valence-electron chi connectivity index (χ1n) is 39.3. The van der Waals surface area contributed by atoms with E-state index in [0.717, 1.165) is 12.4 Å². The molecule has 33 heteroatoms. The molecule has 0 saturated heterocycles. The summed E-state index contributed by atoms with van der Waals surface area (Å²) in [6.45, 7) is 28.4. The van der Waals surface area contributed by atoms with Crippen LogP contribution in [0.2, 0.25) is 0 Å². The third-order valence-electron chi connectivity index (χ3n) is 23.9. The fourth-order valence-corrected chi connectivity index (χ4v) is 17.1. The van der Waals surface area contributed by atoms with Crippen molar-refractivity contribution in [2.45, 2.75) is 209 Å². The van der Waals surface area contributed by atoms with Crippen molar-refractivity contribution in [1.82, 2.24) is 0 Å². The number of carboxylic acids is 2. The Morgan fingerprint density at radius 2 is 0.352 bits per heavy atom. The molecule has 0 atom stereocenters. The van der Waals surface area contributed by atoms with E-state index in [1.165, 1.54) is 36.4 Å². The van der Waals surface area contributed by atoms with Crippen molar-refractivity contribution < 1.29 is 150 Å². The Balaban J connectivity index is 0.000000647. The van der Waals surface area contributed by atoms with Crippen molar-refractivity contribution in [1.29, 1.82) is 0 Å². The number of carboxylic acid groups (broad SMARTS) is 2. The van der Waals surface area contributed by atoms with Gasteiger partial charge in [-0.2, -0.15) is 9.46 Å². The van der Waals surface area contributed by atoms with Gasteiger partial charge in [0.25, 0.3) is 0 Å². The minimum absolute atomic E-state index is 0. The molecular weight excluding hydrogens is 1680 g/mol. The molecule has 32 nitrogen and oxygen atoms in total. The third kappa shape index (κ3) is 20.0. The number of benzene rings is 8. The average molecular weight is 1790 g/mol. The number of phenols is 16. The molecule has 0 saturated carbocycles. The number of pyridine rings is 2. The van der Waals surface area contributed by atoms with Gasteiger partial charge < -0.3 is 134 Å². The summed E-state index contributed by atoms with van der Waals surface area (Å²) in [6, 6.07) is 22.0. The fourth-order valence-electron chi connectivity index (χ4n) is 17.1. The summed E-state index contributed by atoms with van der Waals surface area (Å²) in [4.78, 5) is 48.2. The van der Waals surface area contributed by atoms with Gasteiger partial charge in [-0.25, -0.2) is 0 Å². The maximum Gasteiger partial charge on any atom is 2.00 e. The summed E-state index contributed by atoms with van der Waals surface area (Å²) in [7, 11) is 0. The van der Waals surface area contributed by atoms with Crippen LogP contribution >= 0.6 is 0 Å². The molecule has 2 aromatic heterocycles. The molecular formula is C92H112CuN2O30. The Bertz CT molecular complexity index is 4420. The largest absolute Gasteiger partial charge is 2.00 e.